The summed E-state index contributed by atoms with van der Waals surface area (Å²) in [6.45, 7) is -0.0398. The predicted octanol–water partition coefficient (Wildman–Crippen LogP) is 7.13. The second kappa shape index (κ2) is 11.4. The van der Waals surface area contributed by atoms with Gasteiger partial charge in [0.2, 0.25) is 0 Å². The molecule has 4 rings (SSSR count). The number of para-hydroxylation sites is 2. The predicted molar refractivity (Wildman–Crippen MR) is 136 cm³/mol. The summed E-state index contributed by atoms with van der Waals surface area (Å²) >= 11 is 0. The fourth-order valence-corrected chi connectivity index (χ4v) is 3.30. The highest BCUT2D eigenvalue weighted by atomic mass is 16.6. The van der Waals surface area contributed by atoms with Gasteiger partial charge in [-0.2, -0.15) is 0 Å². The Morgan fingerprint density at radius 1 is 0.778 bits per heavy atom. The number of rotatable bonds is 8. The number of benzene rings is 4. The van der Waals surface area contributed by atoms with Crippen molar-refractivity contribution in [2.45, 2.75) is 6.61 Å². The first-order chi connectivity index (χ1) is 17.5. The van der Waals surface area contributed by atoms with Crippen LogP contribution in [0.2, 0.25) is 0 Å². The molecule has 8 heteroatoms. The Morgan fingerprint density at radius 2 is 1.42 bits per heavy atom. The Hall–Kier alpha value is -4.98. The molecule has 0 heterocycles. The smallest absolute Gasteiger partial charge is 0.414 e. The van der Waals surface area contributed by atoms with E-state index >= 15 is 0 Å². The highest BCUT2D eigenvalue weighted by Crippen LogP contribution is 2.31. The van der Waals surface area contributed by atoms with E-state index < -0.39 is 12.2 Å². The van der Waals surface area contributed by atoms with Crippen molar-refractivity contribution in [3.05, 3.63) is 109 Å². The van der Waals surface area contributed by atoms with Crippen LogP contribution < -0.4 is 19.7 Å². The summed E-state index contributed by atoms with van der Waals surface area (Å²) in [6.07, 6.45) is -1.78. The SMILES string of the molecule is CN(C(=O)OCc1ccc(NC(=O)O)c(Oc2ccccc2)c1)c1cccc(Oc2ccccc2)c1. The summed E-state index contributed by atoms with van der Waals surface area (Å²) in [4.78, 5) is 25.2. The molecule has 0 aliphatic carbocycles. The van der Waals surface area contributed by atoms with Gasteiger partial charge in [-0.05, 0) is 54.1 Å². The minimum Gasteiger partial charge on any atom is -0.465 e. The van der Waals surface area contributed by atoms with Crippen molar-refractivity contribution in [3.63, 3.8) is 0 Å². The minimum atomic E-state index is -1.22. The van der Waals surface area contributed by atoms with Crippen LogP contribution in [0.25, 0.3) is 0 Å². The number of hydrogen-bond donors (Lipinski definition) is 2. The highest BCUT2D eigenvalue weighted by molar-refractivity contribution is 5.87. The molecule has 0 aromatic heterocycles. The number of amides is 2. The molecule has 0 bridgehead atoms. The zero-order valence-corrected chi connectivity index (χ0v) is 19.5. The van der Waals surface area contributed by atoms with Crippen LogP contribution in [0, 0.1) is 0 Å². The standard InChI is InChI=1S/C28H24N2O6/c1-30(21-9-8-14-24(18-21)35-22-10-4-2-5-11-22)28(33)34-19-20-15-16-25(29-27(31)32)26(17-20)36-23-12-6-3-7-13-23/h2-18,29H,19H2,1H3,(H,31,32). The van der Waals surface area contributed by atoms with Gasteiger partial charge in [-0.15, -0.1) is 0 Å². The number of ether oxygens (including phenoxy) is 3. The molecule has 0 saturated heterocycles. The van der Waals surface area contributed by atoms with Gasteiger partial charge in [0, 0.05) is 13.1 Å². The first-order valence-corrected chi connectivity index (χ1v) is 11.1. The van der Waals surface area contributed by atoms with E-state index in [9.17, 15) is 9.59 Å². The Balaban J connectivity index is 1.43. The number of anilines is 2. The molecule has 0 fully saturated rings. The monoisotopic (exact) mass is 484 g/mol. The molecule has 0 atom stereocenters. The maximum Gasteiger partial charge on any atom is 0.414 e. The third-order valence-corrected chi connectivity index (χ3v) is 5.08. The van der Waals surface area contributed by atoms with Crippen molar-refractivity contribution in [1.82, 2.24) is 0 Å². The van der Waals surface area contributed by atoms with Crippen molar-refractivity contribution in [1.29, 1.82) is 0 Å². The molecule has 2 amide bonds. The fraction of sp³-hybridized carbons (Fsp3) is 0.0714. The lowest BCUT2D eigenvalue weighted by molar-refractivity contribution is 0.148. The molecular formula is C28H24N2O6. The zero-order valence-electron chi connectivity index (χ0n) is 19.5. The summed E-state index contributed by atoms with van der Waals surface area (Å²) in [5.41, 5.74) is 1.50. The van der Waals surface area contributed by atoms with Crippen molar-refractivity contribution < 1.29 is 28.9 Å². The van der Waals surface area contributed by atoms with Crippen LogP contribution in [-0.2, 0) is 11.3 Å². The summed E-state index contributed by atoms with van der Waals surface area (Å²) < 4.78 is 17.2. The molecule has 0 aliphatic rings. The maximum atomic E-state index is 12.7. The van der Waals surface area contributed by atoms with Gasteiger partial charge in [0.25, 0.3) is 0 Å². The van der Waals surface area contributed by atoms with Crippen LogP contribution in [0.1, 0.15) is 5.56 Å². The lowest BCUT2D eigenvalue weighted by Crippen LogP contribution is -2.26. The van der Waals surface area contributed by atoms with E-state index in [1.54, 1.807) is 73.8 Å². The summed E-state index contributed by atoms with van der Waals surface area (Å²) in [6, 6.07) is 30.3. The van der Waals surface area contributed by atoms with E-state index in [0.29, 0.717) is 28.5 Å². The molecule has 8 nitrogen and oxygen atoms in total. The van der Waals surface area contributed by atoms with Gasteiger partial charge >= 0.3 is 12.2 Å². The summed E-state index contributed by atoms with van der Waals surface area (Å²) in [5.74, 6) is 2.10. The second-order valence-corrected chi connectivity index (χ2v) is 7.70. The quantitative estimate of drug-likeness (QED) is 0.276. The molecule has 4 aromatic carbocycles. The van der Waals surface area contributed by atoms with E-state index in [1.807, 2.05) is 36.4 Å². The topological polar surface area (TPSA) is 97.3 Å². The van der Waals surface area contributed by atoms with E-state index in [2.05, 4.69) is 5.32 Å². The van der Waals surface area contributed by atoms with Gasteiger partial charge in [0.15, 0.2) is 5.75 Å². The Labute approximate surface area is 208 Å². The molecule has 0 saturated carbocycles. The Morgan fingerprint density at radius 3 is 2.08 bits per heavy atom. The molecular weight excluding hydrogens is 460 g/mol. The van der Waals surface area contributed by atoms with Gasteiger partial charge in [0.05, 0.1) is 11.4 Å². The van der Waals surface area contributed by atoms with Crippen molar-refractivity contribution >= 4 is 23.6 Å². The number of carbonyl (C=O) groups is 2. The van der Waals surface area contributed by atoms with Crippen LogP contribution in [0.3, 0.4) is 0 Å². The molecule has 0 radical (unpaired) electrons. The molecule has 0 aliphatic heterocycles. The Kier molecular flexibility index (Phi) is 7.67. The molecule has 0 spiro atoms. The molecule has 2 N–H and O–H groups in total. The summed E-state index contributed by atoms with van der Waals surface area (Å²) in [5, 5.41) is 11.4. The van der Waals surface area contributed by atoms with Gasteiger partial charge in [0.1, 0.15) is 23.9 Å². The van der Waals surface area contributed by atoms with Gasteiger partial charge in [-0.25, -0.2) is 9.59 Å². The number of nitrogens with one attached hydrogen (secondary N) is 1. The normalized spacial score (nSPS) is 10.2. The second-order valence-electron chi connectivity index (χ2n) is 7.70. The number of carbonyl (C=O) groups excluding carboxylic acids is 1. The van der Waals surface area contributed by atoms with Gasteiger partial charge in [-0.3, -0.25) is 10.2 Å². The van der Waals surface area contributed by atoms with Crippen LogP contribution in [0.5, 0.6) is 23.0 Å². The third kappa shape index (κ3) is 6.54. The molecule has 4 aromatic rings. The zero-order chi connectivity index (χ0) is 25.3. The first-order valence-electron chi connectivity index (χ1n) is 11.1. The lowest BCUT2D eigenvalue weighted by Gasteiger charge is -2.18. The number of hydrogen-bond acceptors (Lipinski definition) is 5. The van der Waals surface area contributed by atoms with E-state index in [1.165, 1.54) is 4.90 Å². The highest BCUT2D eigenvalue weighted by Gasteiger charge is 2.15. The fourth-order valence-electron chi connectivity index (χ4n) is 3.30. The van der Waals surface area contributed by atoms with Crippen molar-refractivity contribution in [3.8, 4) is 23.0 Å². The molecule has 0 unspecified atom stereocenters. The third-order valence-electron chi connectivity index (χ3n) is 5.08. The average molecular weight is 485 g/mol. The number of nitrogens with zero attached hydrogens (tertiary/aromatic N) is 1. The molecule has 36 heavy (non-hydrogen) atoms. The van der Waals surface area contributed by atoms with Crippen molar-refractivity contribution in [2.24, 2.45) is 0 Å². The Bertz CT molecular complexity index is 1330. The maximum absolute atomic E-state index is 12.7. The first kappa shape index (κ1) is 24.2. The average Bonchev–Trinajstić information content (AvgIpc) is 2.89. The van der Waals surface area contributed by atoms with Crippen LogP contribution in [-0.4, -0.2) is 24.3 Å². The van der Waals surface area contributed by atoms with Crippen LogP contribution in [0.4, 0.5) is 21.0 Å². The van der Waals surface area contributed by atoms with E-state index in [0.717, 1.165) is 0 Å². The lowest BCUT2D eigenvalue weighted by atomic mass is 10.2. The van der Waals surface area contributed by atoms with Crippen LogP contribution >= 0.6 is 0 Å². The number of carboxylic acid groups (broad SMARTS) is 1. The minimum absolute atomic E-state index is 0.0398. The van der Waals surface area contributed by atoms with Gasteiger partial charge < -0.3 is 19.3 Å². The molecule has 182 valence electrons. The van der Waals surface area contributed by atoms with E-state index in [4.69, 9.17) is 19.3 Å². The largest absolute Gasteiger partial charge is 0.465 e. The van der Waals surface area contributed by atoms with Crippen LogP contribution in [0.15, 0.2) is 103 Å². The van der Waals surface area contributed by atoms with Gasteiger partial charge in [-0.1, -0.05) is 48.5 Å². The van der Waals surface area contributed by atoms with E-state index in [-0.39, 0.29) is 18.0 Å². The summed E-state index contributed by atoms with van der Waals surface area (Å²) in [7, 11) is 1.60. The van der Waals surface area contributed by atoms with Crippen molar-refractivity contribution in [2.75, 3.05) is 17.3 Å².